The topological polar surface area (TPSA) is 82.6 Å². The first-order valence-electron chi connectivity index (χ1n) is 14.3. The molecule has 3 rings (SSSR count). The molecule has 1 saturated carbocycles. The zero-order valence-corrected chi connectivity index (χ0v) is 25.9. The molecule has 1 heterocycles. The Morgan fingerprint density at radius 2 is 1.56 bits per heavy atom. The van der Waals surface area contributed by atoms with Crippen molar-refractivity contribution in [2.45, 2.75) is 69.4 Å². The van der Waals surface area contributed by atoms with Crippen molar-refractivity contribution in [2.75, 3.05) is 74.7 Å². The third-order valence-corrected chi connectivity index (χ3v) is 10.8. The maximum atomic E-state index is 13.1. The van der Waals surface area contributed by atoms with E-state index in [1.807, 2.05) is 7.05 Å². The minimum Gasteiger partial charge on any atom is -0.497 e. The molecule has 2 aliphatic rings. The van der Waals surface area contributed by atoms with Crippen molar-refractivity contribution in [1.29, 1.82) is 0 Å². The fourth-order valence-corrected chi connectivity index (χ4v) is 7.68. The molecule has 2 fully saturated rings. The van der Waals surface area contributed by atoms with E-state index in [1.165, 1.54) is 50.1 Å². The molecule has 1 aliphatic heterocycles. The number of likely N-dealkylation sites (N-methyl/N-ethyl adjacent to an activating group) is 2. The van der Waals surface area contributed by atoms with E-state index in [0.29, 0.717) is 34.9 Å². The maximum absolute atomic E-state index is 13.1. The van der Waals surface area contributed by atoms with Gasteiger partial charge in [0, 0.05) is 39.3 Å². The number of hydrogen-bond acceptors (Lipinski definition) is 7. The first-order chi connectivity index (χ1) is 18.4. The van der Waals surface area contributed by atoms with Crippen molar-refractivity contribution in [3.63, 3.8) is 0 Å². The van der Waals surface area contributed by atoms with E-state index in [0.717, 1.165) is 19.4 Å². The molecule has 0 N–H and O–H groups in total. The summed E-state index contributed by atoms with van der Waals surface area (Å²) in [5.74, 6) is 1.10. The molecule has 9 nitrogen and oxygen atoms in total. The summed E-state index contributed by atoms with van der Waals surface area (Å²) in [6.07, 6.45) is 7.25. The number of ether oxygens (including phenoxy) is 2. The summed E-state index contributed by atoms with van der Waals surface area (Å²) in [5.41, 5.74) is 1.28. The van der Waals surface area contributed by atoms with Gasteiger partial charge in [0.05, 0.1) is 18.6 Å². The first-order valence-corrected chi connectivity index (χ1v) is 15.7. The molecule has 1 amide bonds. The minimum atomic E-state index is -3.68. The largest absolute Gasteiger partial charge is 0.497 e. The van der Waals surface area contributed by atoms with E-state index in [9.17, 15) is 13.2 Å². The van der Waals surface area contributed by atoms with Gasteiger partial charge in [0.1, 0.15) is 12.4 Å². The predicted octanol–water partition coefficient (Wildman–Crippen LogP) is 2.99. The molecule has 1 saturated heterocycles. The summed E-state index contributed by atoms with van der Waals surface area (Å²) < 4.78 is 38.4. The highest BCUT2D eigenvalue weighted by molar-refractivity contribution is 7.89. The average Bonchev–Trinajstić information content (AvgIpc) is 2.90. The molecule has 1 aliphatic carbocycles. The molecular weight excluding hydrogens is 516 g/mol. The second-order valence-corrected chi connectivity index (χ2v) is 13.6. The number of hydrogen-bond donors (Lipinski definition) is 0. The number of carbonyl (C=O) groups is 1. The van der Waals surface area contributed by atoms with Crippen molar-refractivity contribution < 1.29 is 22.7 Å². The Morgan fingerprint density at radius 1 is 0.974 bits per heavy atom. The molecule has 0 radical (unpaired) electrons. The van der Waals surface area contributed by atoms with E-state index in [2.05, 4.69) is 23.9 Å². The summed E-state index contributed by atoms with van der Waals surface area (Å²) in [4.78, 5) is 19.8. The number of sulfonamides is 1. The zero-order valence-electron chi connectivity index (χ0n) is 25.1. The summed E-state index contributed by atoms with van der Waals surface area (Å²) >= 11 is 0. The lowest BCUT2D eigenvalue weighted by Crippen LogP contribution is -2.47. The van der Waals surface area contributed by atoms with Crippen molar-refractivity contribution in [3.05, 3.63) is 23.3 Å². The van der Waals surface area contributed by atoms with Gasteiger partial charge in [0.15, 0.2) is 0 Å². The quantitative estimate of drug-likeness (QED) is 0.360. The van der Waals surface area contributed by atoms with Gasteiger partial charge in [0.2, 0.25) is 15.9 Å². The molecule has 1 aromatic carbocycles. The molecule has 10 heteroatoms. The molecule has 0 unspecified atom stereocenters. The van der Waals surface area contributed by atoms with Gasteiger partial charge in [0.25, 0.3) is 0 Å². The predicted molar refractivity (Wildman–Crippen MR) is 155 cm³/mol. The third-order valence-electron chi connectivity index (χ3n) is 8.63. The van der Waals surface area contributed by atoms with Crippen LogP contribution in [0, 0.1) is 19.8 Å². The van der Waals surface area contributed by atoms with Gasteiger partial charge < -0.3 is 24.2 Å². The Balaban J connectivity index is 1.36. The number of benzene rings is 1. The van der Waals surface area contributed by atoms with Gasteiger partial charge in [-0.05, 0) is 109 Å². The highest BCUT2D eigenvalue weighted by Crippen LogP contribution is 2.30. The zero-order chi connectivity index (χ0) is 28.7. The van der Waals surface area contributed by atoms with Crippen LogP contribution in [0.2, 0.25) is 0 Å². The van der Waals surface area contributed by atoms with Crippen LogP contribution in [0.15, 0.2) is 17.0 Å². The van der Waals surface area contributed by atoms with Crippen LogP contribution in [-0.2, 0) is 19.6 Å². The van der Waals surface area contributed by atoms with Gasteiger partial charge in [-0.25, -0.2) is 8.42 Å². The number of amides is 1. The van der Waals surface area contributed by atoms with Gasteiger partial charge in [-0.3, -0.25) is 4.79 Å². The van der Waals surface area contributed by atoms with Crippen molar-refractivity contribution >= 4 is 15.9 Å². The Bertz CT molecular complexity index is 1020. The van der Waals surface area contributed by atoms with Gasteiger partial charge in [-0.1, -0.05) is 0 Å². The SMILES string of the molecule is COc1cc(C)c(S(=O)(=O)N(C)CCOCC(=O)N(C)CC2CCC(N3CCC(N(C)C)CC3)CC2)c(C)c1. The summed E-state index contributed by atoms with van der Waals surface area (Å²) in [5, 5.41) is 0. The van der Waals surface area contributed by atoms with Crippen LogP contribution < -0.4 is 4.74 Å². The molecule has 39 heavy (non-hydrogen) atoms. The average molecular weight is 567 g/mol. The van der Waals surface area contributed by atoms with Crippen molar-refractivity contribution in [1.82, 2.24) is 19.0 Å². The van der Waals surface area contributed by atoms with Crippen molar-refractivity contribution in [2.24, 2.45) is 5.92 Å². The summed E-state index contributed by atoms with van der Waals surface area (Å²) in [6.45, 7) is 6.96. The lowest BCUT2D eigenvalue weighted by molar-refractivity contribution is -0.135. The summed E-state index contributed by atoms with van der Waals surface area (Å²) in [6, 6.07) is 4.84. The number of methoxy groups -OCH3 is 1. The standard InChI is InChI=1S/C29H50N4O5S/c1-22-18-27(37-7)19-23(2)29(22)39(35,36)32(6)16-17-38-21-28(34)31(5)20-24-8-10-26(11-9-24)33-14-12-25(13-15-33)30(3)4/h18-19,24-26H,8-17,20-21H2,1-7H3. The van der Waals surface area contributed by atoms with Crippen LogP contribution in [0.3, 0.4) is 0 Å². The van der Waals surface area contributed by atoms with Gasteiger partial charge in [-0.15, -0.1) is 0 Å². The lowest BCUT2D eigenvalue weighted by atomic mass is 9.84. The van der Waals surface area contributed by atoms with E-state index >= 15 is 0 Å². The molecule has 222 valence electrons. The Morgan fingerprint density at radius 3 is 2.10 bits per heavy atom. The highest BCUT2D eigenvalue weighted by Gasteiger charge is 2.30. The molecule has 0 spiro atoms. The van der Waals surface area contributed by atoms with Gasteiger partial charge in [-0.2, -0.15) is 4.31 Å². The third kappa shape index (κ3) is 8.39. The van der Waals surface area contributed by atoms with E-state index in [1.54, 1.807) is 38.0 Å². The smallest absolute Gasteiger partial charge is 0.248 e. The van der Waals surface area contributed by atoms with Crippen LogP contribution in [-0.4, -0.2) is 120 Å². The van der Waals surface area contributed by atoms with Crippen LogP contribution in [0.5, 0.6) is 5.75 Å². The van der Waals surface area contributed by atoms with Crippen molar-refractivity contribution in [3.8, 4) is 5.75 Å². The second kappa shape index (κ2) is 14.3. The maximum Gasteiger partial charge on any atom is 0.248 e. The van der Waals surface area contributed by atoms with Crippen LogP contribution >= 0.6 is 0 Å². The monoisotopic (exact) mass is 566 g/mol. The number of carbonyl (C=O) groups excluding carboxylic acids is 1. The lowest BCUT2D eigenvalue weighted by Gasteiger charge is -2.42. The minimum absolute atomic E-state index is 0.0405. The Hall–Kier alpha value is -1.72. The van der Waals surface area contributed by atoms with Crippen LogP contribution in [0.4, 0.5) is 0 Å². The number of aryl methyl sites for hydroxylation is 2. The number of nitrogens with zero attached hydrogens (tertiary/aromatic N) is 4. The highest BCUT2D eigenvalue weighted by atomic mass is 32.2. The molecule has 0 atom stereocenters. The molecule has 0 bridgehead atoms. The Kier molecular flexibility index (Phi) is 11.6. The normalized spacial score (nSPS) is 21.5. The molecule has 1 aromatic rings. The second-order valence-electron chi connectivity index (χ2n) is 11.6. The van der Waals surface area contributed by atoms with E-state index in [4.69, 9.17) is 9.47 Å². The number of rotatable bonds is 12. The number of likely N-dealkylation sites (tertiary alicyclic amines) is 1. The molecular formula is C29H50N4O5S. The van der Waals surface area contributed by atoms with E-state index < -0.39 is 10.0 Å². The summed E-state index contributed by atoms with van der Waals surface area (Å²) in [7, 11) is 5.63. The Labute approximate surface area is 236 Å². The van der Waals surface area contributed by atoms with Gasteiger partial charge >= 0.3 is 0 Å². The number of piperidine rings is 1. The van der Waals surface area contributed by atoms with E-state index in [-0.39, 0.29) is 30.6 Å². The molecule has 0 aromatic heterocycles. The first kappa shape index (κ1) is 31.8. The fourth-order valence-electron chi connectivity index (χ4n) is 6.12. The van der Waals surface area contributed by atoms with Crippen LogP contribution in [0.25, 0.3) is 0 Å². The fraction of sp³-hybridized carbons (Fsp3) is 0.759. The van der Waals surface area contributed by atoms with Crippen LogP contribution in [0.1, 0.15) is 49.7 Å².